The Labute approximate surface area is 141 Å². The van der Waals surface area contributed by atoms with Crippen LogP contribution in [0, 0.1) is 5.82 Å². The number of guanidine groups is 1. The normalized spacial score (nSPS) is 16.4. The van der Waals surface area contributed by atoms with Crippen LogP contribution < -0.4 is 15.4 Å². The van der Waals surface area contributed by atoms with E-state index >= 15 is 0 Å². The quantitative estimate of drug-likeness (QED) is 0.656. The van der Waals surface area contributed by atoms with Crippen LogP contribution in [-0.4, -0.2) is 25.2 Å². The zero-order chi connectivity index (χ0) is 16.8. The van der Waals surface area contributed by atoms with Crippen LogP contribution in [0.15, 0.2) is 53.5 Å². The monoisotopic (exact) mass is 327 g/mol. The van der Waals surface area contributed by atoms with Crippen molar-refractivity contribution in [3.63, 3.8) is 0 Å². The van der Waals surface area contributed by atoms with Gasteiger partial charge in [-0.15, -0.1) is 0 Å². The Morgan fingerprint density at radius 2 is 1.96 bits per heavy atom. The first-order valence-corrected chi connectivity index (χ1v) is 8.26. The van der Waals surface area contributed by atoms with Crippen molar-refractivity contribution in [1.82, 2.24) is 10.6 Å². The summed E-state index contributed by atoms with van der Waals surface area (Å²) < 4.78 is 18.9. The van der Waals surface area contributed by atoms with Gasteiger partial charge in [0.25, 0.3) is 0 Å². The first kappa shape index (κ1) is 16.3. The van der Waals surface area contributed by atoms with Gasteiger partial charge in [0, 0.05) is 13.0 Å². The van der Waals surface area contributed by atoms with Crippen molar-refractivity contribution in [1.29, 1.82) is 0 Å². The van der Waals surface area contributed by atoms with Crippen molar-refractivity contribution in [2.75, 3.05) is 13.1 Å². The SMILES string of the molecule is CCNC(=NCc1ccc(F)cc1)NCC1Cc2ccccc2O1. The molecule has 1 unspecified atom stereocenters. The van der Waals surface area contributed by atoms with Gasteiger partial charge < -0.3 is 15.4 Å². The third-order valence-corrected chi connectivity index (χ3v) is 3.89. The first-order valence-electron chi connectivity index (χ1n) is 8.26. The lowest BCUT2D eigenvalue weighted by atomic mass is 10.1. The lowest BCUT2D eigenvalue weighted by Gasteiger charge is -2.15. The van der Waals surface area contributed by atoms with Gasteiger partial charge in [0.1, 0.15) is 17.7 Å². The van der Waals surface area contributed by atoms with Crippen LogP contribution >= 0.6 is 0 Å². The Hall–Kier alpha value is -2.56. The summed E-state index contributed by atoms with van der Waals surface area (Å²) in [5, 5.41) is 6.54. The van der Waals surface area contributed by atoms with Crippen molar-refractivity contribution in [3.8, 4) is 5.75 Å². The molecule has 0 radical (unpaired) electrons. The predicted octanol–water partition coefficient (Wildman–Crippen LogP) is 2.88. The summed E-state index contributed by atoms with van der Waals surface area (Å²) in [5.74, 6) is 1.48. The molecule has 0 saturated carbocycles. The number of nitrogens with zero attached hydrogens (tertiary/aromatic N) is 1. The number of halogens is 1. The highest BCUT2D eigenvalue weighted by molar-refractivity contribution is 5.79. The molecule has 2 aromatic carbocycles. The fraction of sp³-hybridized carbons (Fsp3) is 0.316. The summed E-state index contributed by atoms with van der Waals surface area (Å²) >= 11 is 0. The van der Waals surface area contributed by atoms with E-state index in [0.717, 1.165) is 30.2 Å². The molecule has 1 aliphatic heterocycles. The fourth-order valence-corrected chi connectivity index (χ4v) is 2.68. The van der Waals surface area contributed by atoms with Crippen molar-refractivity contribution in [2.45, 2.75) is 26.0 Å². The molecule has 0 fully saturated rings. The summed E-state index contributed by atoms with van der Waals surface area (Å²) in [6, 6.07) is 14.5. The molecule has 0 bridgehead atoms. The molecule has 24 heavy (non-hydrogen) atoms. The summed E-state index contributed by atoms with van der Waals surface area (Å²) in [5.41, 5.74) is 2.22. The van der Waals surface area contributed by atoms with Crippen LogP contribution in [0.5, 0.6) is 5.75 Å². The highest BCUT2D eigenvalue weighted by Crippen LogP contribution is 2.27. The lowest BCUT2D eigenvalue weighted by molar-refractivity contribution is 0.235. The molecule has 5 heteroatoms. The van der Waals surface area contributed by atoms with E-state index in [1.807, 2.05) is 25.1 Å². The second-order valence-corrected chi connectivity index (χ2v) is 5.75. The molecule has 0 aromatic heterocycles. The Morgan fingerprint density at radius 1 is 1.17 bits per heavy atom. The van der Waals surface area contributed by atoms with Gasteiger partial charge in [-0.3, -0.25) is 0 Å². The van der Waals surface area contributed by atoms with Crippen molar-refractivity contribution in [2.24, 2.45) is 4.99 Å². The molecule has 3 rings (SSSR count). The highest BCUT2D eigenvalue weighted by atomic mass is 19.1. The van der Waals surface area contributed by atoms with Crippen LogP contribution in [0.3, 0.4) is 0 Å². The lowest BCUT2D eigenvalue weighted by Crippen LogP contribution is -2.42. The minimum atomic E-state index is -0.231. The van der Waals surface area contributed by atoms with E-state index < -0.39 is 0 Å². The number of hydrogen-bond acceptors (Lipinski definition) is 2. The van der Waals surface area contributed by atoms with Crippen LogP contribution in [0.25, 0.3) is 0 Å². The number of ether oxygens (including phenoxy) is 1. The summed E-state index contributed by atoms with van der Waals surface area (Å²) in [6.45, 7) is 3.99. The van der Waals surface area contributed by atoms with E-state index in [4.69, 9.17) is 4.74 Å². The third-order valence-electron chi connectivity index (χ3n) is 3.89. The average Bonchev–Trinajstić information content (AvgIpc) is 3.02. The number of hydrogen-bond donors (Lipinski definition) is 2. The van der Waals surface area contributed by atoms with Gasteiger partial charge >= 0.3 is 0 Å². The van der Waals surface area contributed by atoms with E-state index in [-0.39, 0.29) is 11.9 Å². The Morgan fingerprint density at radius 3 is 2.71 bits per heavy atom. The third kappa shape index (κ3) is 4.25. The van der Waals surface area contributed by atoms with Gasteiger partial charge in [-0.1, -0.05) is 30.3 Å². The highest BCUT2D eigenvalue weighted by Gasteiger charge is 2.22. The molecule has 2 N–H and O–H groups in total. The van der Waals surface area contributed by atoms with Crippen molar-refractivity contribution < 1.29 is 9.13 Å². The van der Waals surface area contributed by atoms with Crippen molar-refractivity contribution in [3.05, 3.63) is 65.5 Å². The molecule has 1 atom stereocenters. The fourth-order valence-electron chi connectivity index (χ4n) is 2.68. The van der Waals surface area contributed by atoms with E-state index in [0.29, 0.717) is 13.1 Å². The molecular formula is C19H22FN3O. The van der Waals surface area contributed by atoms with Crippen molar-refractivity contribution >= 4 is 5.96 Å². The van der Waals surface area contributed by atoms with Gasteiger partial charge in [-0.2, -0.15) is 0 Å². The number of benzene rings is 2. The van der Waals surface area contributed by atoms with Gasteiger partial charge in [-0.05, 0) is 36.2 Å². The number of nitrogens with one attached hydrogen (secondary N) is 2. The smallest absolute Gasteiger partial charge is 0.191 e. The second-order valence-electron chi connectivity index (χ2n) is 5.75. The van der Waals surface area contributed by atoms with E-state index in [1.165, 1.54) is 17.7 Å². The summed E-state index contributed by atoms with van der Waals surface area (Å²) in [4.78, 5) is 4.54. The van der Waals surface area contributed by atoms with Gasteiger partial charge in [-0.25, -0.2) is 9.38 Å². The maximum Gasteiger partial charge on any atom is 0.191 e. The Kier molecular flexibility index (Phi) is 5.31. The maximum absolute atomic E-state index is 12.9. The molecule has 0 amide bonds. The predicted molar refractivity (Wildman–Crippen MR) is 93.8 cm³/mol. The van der Waals surface area contributed by atoms with E-state index in [2.05, 4.69) is 21.7 Å². The molecule has 0 aliphatic carbocycles. The largest absolute Gasteiger partial charge is 0.488 e. The number of para-hydroxylation sites is 1. The Balaban J connectivity index is 1.54. The molecule has 0 spiro atoms. The topological polar surface area (TPSA) is 45.7 Å². The zero-order valence-electron chi connectivity index (χ0n) is 13.8. The van der Waals surface area contributed by atoms with Gasteiger partial charge in [0.05, 0.1) is 13.1 Å². The Bertz CT molecular complexity index is 675. The molecule has 2 aromatic rings. The van der Waals surface area contributed by atoms with Crippen LogP contribution in [-0.2, 0) is 13.0 Å². The maximum atomic E-state index is 12.9. The minimum Gasteiger partial charge on any atom is -0.488 e. The molecule has 0 saturated heterocycles. The summed E-state index contributed by atoms with van der Waals surface area (Å²) in [7, 11) is 0. The second kappa shape index (κ2) is 7.81. The van der Waals surface area contributed by atoms with E-state index in [1.54, 1.807) is 12.1 Å². The standard InChI is InChI=1S/C19H22FN3O/c1-2-21-19(22-12-14-7-9-16(20)10-8-14)23-13-17-11-15-5-3-4-6-18(15)24-17/h3-10,17H,2,11-13H2,1H3,(H2,21,22,23). The number of rotatable bonds is 5. The number of aliphatic imine (C=N–C) groups is 1. The minimum absolute atomic E-state index is 0.108. The zero-order valence-corrected chi connectivity index (χ0v) is 13.8. The first-order chi connectivity index (χ1) is 11.7. The molecule has 1 heterocycles. The molecule has 4 nitrogen and oxygen atoms in total. The molecular weight excluding hydrogens is 305 g/mol. The van der Waals surface area contributed by atoms with Crippen LogP contribution in [0.4, 0.5) is 4.39 Å². The molecule has 126 valence electrons. The number of fused-ring (bicyclic) bond motifs is 1. The van der Waals surface area contributed by atoms with Gasteiger partial charge in [0.2, 0.25) is 0 Å². The average molecular weight is 327 g/mol. The van der Waals surface area contributed by atoms with E-state index in [9.17, 15) is 4.39 Å². The summed E-state index contributed by atoms with van der Waals surface area (Å²) in [6.07, 6.45) is 1.01. The van der Waals surface area contributed by atoms with Crippen LogP contribution in [0.2, 0.25) is 0 Å². The molecule has 1 aliphatic rings. The van der Waals surface area contributed by atoms with Gasteiger partial charge in [0.15, 0.2) is 5.96 Å². The van der Waals surface area contributed by atoms with Crippen LogP contribution in [0.1, 0.15) is 18.1 Å².